The van der Waals surface area contributed by atoms with Crippen LogP contribution in [0.1, 0.15) is 34.0 Å². The standard InChI is InChI=1S/C26H27NO5/c1-19(30)27-24(17-29)18-32-26(21-6-4-3-5-7-21,22-10-8-20(16-28)9-11-22)23-12-14-25(31-2)15-13-23/h3-16,24,29H,17-18H2,1-2H3,(H,27,30). The zero-order valence-electron chi connectivity index (χ0n) is 18.2. The van der Waals surface area contributed by atoms with Gasteiger partial charge in [0.05, 0.1) is 26.4 Å². The van der Waals surface area contributed by atoms with Crippen molar-refractivity contribution in [2.75, 3.05) is 20.3 Å². The molecule has 0 aliphatic carbocycles. The quantitative estimate of drug-likeness (QED) is 0.379. The normalized spacial score (nSPS) is 13.6. The molecule has 0 saturated heterocycles. The van der Waals surface area contributed by atoms with Gasteiger partial charge in [-0.3, -0.25) is 9.59 Å². The second kappa shape index (κ2) is 10.7. The van der Waals surface area contributed by atoms with Gasteiger partial charge in [-0.1, -0.05) is 66.7 Å². The topological polar surface area (TPSA) is 84.9 Å². The third kappa shape index (κ3) is 5.04. The van der Waals surface area contributed by atoms with Crippen molar-refractivity contribution in [1.29, 1.82) is 0 Å². The second-order valence-electron chi connectivity index (χ2n) is 7.41. The van der Waals surface area contributed by atoms with Crippen LogP contribution in [0.4, 0.5) is 0 Å². The molecule has 0 aromatic heterocycles. The number of carbonyl (C=O) groups is 2. The summed E-state index contributed by atoms with van der Waals surface area (Å²) in [6.07, 6.45) is 0.792. The largest absolute Gasteiger partial charge is 0.497 e. The SMILES string of the molecule is COc1ccc(C(OCC(CO)NC(C)=O)(c2ccccc2)c2ccc(C=O)cc2)cc1. The van der Waals surface area contributed by atoms with E-state index in [0.717, 1.165) is 23.0 Å². The summed E-state index contributed by atoms with van der Waals surface area (Å²) in [4.78, 5) is 22.8. The number of amides is 1. The number of hydrogen-bond acceptors (Lipinski definition) is 5. The minimum absolute atomic E-state index is 0.0619. The first-order valence-electron chi connectivity index (χ1n) is 10.3. The highest BCUT2D eigenvalue weighted by molar-refractivity contribution is 5.75. The number of aldehydes is 1. The summed E-state index contributed by atoms with van der Waals surface area (Å²) in [5, 5.41) is 12.5. The number of ether oxygens (including phenoxy) is 2. The first-order valence-corrected chi connectivity index (χ1v) is 10.3. The van der Waals surface area contributed by atoms with Gasteiger partial charge in [-0.2, -0.15) is 0 Å². The van der Waals surface area contributed by atoms with E-state index in [0.29, 0.717) is 11.3 Å². The van der Waals surface area contributed by atoms with E-state index in [2.05, 4.69) is 5.32 Å². The molecule has 0 spiro atoms. The molecule has 0 heterocycles. The van der Waals surface area contributed by atoms with Crippen LogP contribution in [0.5, 0.6) is 5.75 Å². The highest BCUT2D eigenvalue weighted by atomic mass is 16.5. The van der Waals surface area contributed by atoms with Gasteiger partial charge in [-0.25, -0.2) is 0 Å². The number of methoxy groups -OCH3 is 1. The number of rotatable bonds is 10. The number of aliphatic hydroxyl groups is 1. The third-order valence-corrected chi connectivity index (χ3v) is 5.26. The fourth-order valence-electron chi connectivity index (χ4n) is 3.70. The van der Waals surface area contributed by atoms with Crippen molar-refractivity contribution in [1.82, 2.24) is 5.32 Å². The van der Waals surface area contributed by atoms with Gasteiger partial charge in [0.25, 0.3) is 0 Å². The summed E-state index contributed by atoms with van der Waals surface area (Å²) >= 11 is 0. The van der Waals surface area contributed by atoms with Gasteiger partial charge in [0.2, 0.25) is 5.91 Å². The van der Waals surface area contributed by atoms with Crippen molar-refractivity contribution < 1.29 is 24.2 Å². The van der Waals surface area contributed by atoms with Crippen LogP contribution < -0.4 is 10.1 Å². The molecular weight excluding hydrogens is 406 g/mol. The van der Waals surface area contributed by atoms with Crippen LogP contribution in [0.25, 0.3) is 0 Å². The Kier molecular flexibility index (Phi) is 7.76. The number of carbonyl (C=O) groups excluding carboxylic acids is 2. The maximum absolute atomic E-state index is 11.6. The number of hydrogen-bond donors (Lipinski definition) is 2. The maximum Gasteiger partial charge on any atom is 0.217 e. The smallest absolute Gasteiger partial charge is 0.217 e. The van der Waals surface area contributed by atoms with Gasteiger partial charge in [-0.05, 0) is 28.8 Å². The summed E-state index contributed by atoms with van der Waals surface area (Å²) < 4.78 is 11.9. The Labute approximate surface area is 187 Å². The molecule has 166 valence electrons. The van der Waals surface area contributed by atoms with Crippen LogP contribution in [0.3, 0.4) is 0 Å². The second-order valence-corrected chi connectivity index (χ2v) is 7.41. The highest BCUT2D eigenvalue weighted by Gasteiger charge is 2.38. The molecule has 0 bridgehead atoms. The fourth-order valence-corrected chi connectivity index (χ4v) is 3.70. The molecule has 3 aromatic carbocycles. The van der Waals surface area contributed by atoms with Crippen LogP contribution in [0.15, 0.2) is 78.9 Å². The lowest BCUT2D eigenvalue weighted by Crippen LogP contribution is -2.43. The van der Waals surface area contributed by atoms with Gasteiger partial charge in [0.1, 0.15) is 17.6 Å². The van der Waals surface area contributed by atoms with E-state index in [4.69, 9.17) is 9.47 Å². The van der Waals surface area contributed by atoms with Crippen molar-refractivity contribution in [3.63, 3.8) is 0 Å². The van der Waals surface area contributed by atoms with Crippen molar-refractivity contribution in [3.8, 4) is 5.75 Å². The van der Waals surface area contributed by atoms with Crippen molar-refractivity contribution in [3.05, 3.63) is 101 Å². The molecule has 3 rings (SSSR count). The van der Waals surface area contributed by atoms with Crippen LogP contribution in [-0.2, 0) is 15.1 Å². The average Bonchev–Trinajstić information content (AvgIpc) is 2.84. The molecule has 1 amide bonds. The fraction of sp³-hybridized carbons (Fsp3) is 0.231. The highest BCUT2D eigenvalue weighted by Crippen LogP contribution is 2.41. The Morgan fingerprint density at radius 1 is 0.969 bits per heavy atom. The Hall–Kier alpha value is -3.48. The van der Waals surface area contributed by atoms with E-state index in [1.165, 1.54) is 6.92 Å². The van der Waals surface area contributed by atoms with Gasteiger partial charge in [0.15, 0.2) is 0 Å². The van der Waals surface area contributed by atoms with Crippen LogP contribution in [0.2, 0.25) is 0 Å². The zero-order chi connectivity index (χ0) is 23.0. The first kappa shape index (κ1) is 23.2. The summed E-state index contributed by atoms with van der Waals surface area (Å²) in [6, 6.07) is 23.9. The minimum Gasteiger partial charge on any atom is -0.497 e. The maximum atomic E-state index is 11.6. The molecule has 2 unspecified atom stereocenters. The van der Waals surface area contributed by atoms with Gasteiger partial charge >= 0.3 is 0 Å². The average molecular weight is 434 g/mol. The lowest BCUT2D eigenvalue weighted by Gasteiger charge is -2.37. The van der Waals surface area contributed by atoms with Crippen molar-refractivity contribution in [2.45, 2.75) is 18.6 Å². The van der Waals surface area contributed by atoms with Crippen LogP contribution in [0, 0.1) is 0 Å². The molecule has 0 fully saturated rings. The van der Waals surface area contributed by atoms with E-state index < -0.39 is 11.6 Å². The van der Waals surface area contributed by atoms with E-state index in [9.17, 15) is 14.7 Å². The molecule has 0 aliphatic heterocycles. The molecule has 0 saturated carbocycles. The number of aliphatic hydroxyl groups excluding tert-OH is 1. The Morgan fingerprint density at radius 2 is 1.53 bits per heavy atom. The lowest BCUT2D eigenvalue weighted by atomic mass is 9.79. The molecule has 3 aromatic rings. The van der Waals surface area contributed by atoms with Crippen molar-refractivity contribution >= 4 is 12.2 Å². The van der Waals surface area contributed by atoms with Gasteiger partial charge in [-0.15, -0.1) is 0 Å². The Balaban J connectivity index is 2.18. The summed E-state index contributed by atoms with van der Waals surface area (Å²) in [5.41, 5.74) is 2.00. The predicted octanol–water partition coefficient (Wildman–Crippen LogP) is 3.31. The Morgan fingerprint density at radius 3 is 2.03 bits per heavy atom. The molecule has 6 heteroatoms. The third-order valence-electron chi connectivity index (χ3n) is 5.26. The van der Waals surface area contributed by atoms with E-state index in [-0.39, 0.29) is 19.1 Å². The number of benzene rings is 3. The Bertz CT molecular complexity index is 1020. The molecule has 0 radical (unpaired) electrons. The molecular formula is C26H27NO5. The van der Waals surface area contributed by atoms with E-state index >= 15 is 0 Å². The van der Waals surface area contributed by atoms with E-state index in [1.807, 2.05) is 66.7 Å². The summed E-state index contributed by atoms with van der Waals surface area (Å²) in [6.45, 7) is 1.19. The van der Waals surface area contributed by atoms with Gasteiger partial charge in [0, 0.05) is 12.5 Å². The van der Waals surface area contributed by atoms with Crippen LogP contribution >= 0.6 is 0 Å². The first-order chi connectivity index (χ1) is 15.5. The molecule has 2 atom stereocenters. The predicted molar refractivity (Wildman–Crippen MR) is 122 cm³/mol. The molecule has 0 aliphatic rings. The summed E-state index contributed by atoms with van der Waals surface area (Å²) in [5.74, 6) is 0.455. The van der Waals surface area contributed by atoms with Gasteiger partial charge < -0.3 is 19.9 Å². The van der Waals surface area contributed by atoms with Crippen molar-refractivity contribution in [2.24, 2.45) is 0 Å². The zero-order valence-corrected chi connectivity index (χ0v) is 18.2. The number of nitrogens with one attached hydrogen (secondary N) is 1. The van der Waals surface area contributed by atoms with E-state index in [1.54, 1.807) is 19.2 Å². The summed E-state index contributed by atoms with van der Waals surface area (Å²) in [7, 11) is 1.60. The lowest BCUT2D eigenvalue weighted by molar-refractivity contribution is -0.121. The molecule has 2 N–H and O–H groups in total. The monoisotopic (exact) mass is 433 g/mol. The van der Waals surface area contributed by atoms with Crippen LogP contribution in [-0.4, -0.2) is 43.7 Å². The molecule has 32 heavy (non-hydrogen) atoms. The minimum atomic E-state index is -1.05. The molecule has 6 nitrogen and oxygen atoms in total.